The summed E-state index contributed by atoms with van der Waals surface area (Å²) in [5.41, 5.74) is 5.24. The molecule has 2 heteroatoms. The first kappa shape index (κ1) is 17.3. The van der Waals surface area contributed by atoms with Crippen molar-refractivity contribution in [2.45, 2.75) is 53.9 Å². The van der Waals surface area contributed by atoms with Crippen molar-refractivity contribution in [3.63, 3.8) is 0 Å². The quantitative estimate of drug-likeness (QED) is 0.668. The molecule has 0 bridgehead atoms. The van der Waals surface area contributed by atoms with Crippen molar-refractivity contribution in [1.29, 1.82) is 0 Å². The van der Waals surface area contributed by atoms with Gasteiger partial charge in [-0.2, -0.15) is 0 Å². The zero-order chi connectivity index (χ0) is 17.0. The second kappa shape index (κ2) is 7.45. The van der Waals surface area contributed by atoms with Gasteiger partial charge in [0.2, 0.25) is 0 Å². The van der Waals surface area contributed by atoms with Crippen LogP contribution >= 0.6 is 0 Å². The number of fused-ring (bicyclic) bond motifs is 1. The molecule has 0 aliphatic carbocycles. The van der Waals surface area contributed by atoms with Crippen LogP contribution in [0.25, 0.3) is 11.0 Å². The molecule has 1 aromatic carbocycles. The molecule has 0 radical (unpaired) electrons. The minimum Gasteiger partial charge on any atom is -0.461 e. The number of allylic oxidation sites excluding steroid dienone is 4. The molecule has 1 heterocycles. The summed E-state index contributed by atoms with van der Waals surface area (Å²) in [7, 11) is 0. The molecule has 0 aliphatic heterocycles. The first-order valence-electron chi connectivity index (χ1n) is 8.21. The minimum atomic E-state index is 0.0925. The van der Waals surface area contributed by atoms with Crippen LogP contribution in [0.2, 0.25) is 0 Å². The van der Waals surface area contributed by atoms with E-state index in [9.17, 15) is 4.79 Å². The Labute approximate surface area is 138 Å². The molecule has 0 N–H and O–H groups in total. The maximum atomic E-state index is 12.6. The van der Waals surface area contributed by atoms with E-state index >= 15 is 0 Å². The fourth-order valence-corrected chi connectivity index (χ4v) is 2.65. The predicted octanol–water partition coefficient (Wildman–Crippen LogP) is 5.65. The summed E-state index contributed by atoms with van der Waals surface area (Å²) in [6, 6.07) is 5.85. The molecule has 2 aromatic rings. The highest BCUT2D eigenvalue weighted by Crippen LogP contribution is 2.20. The molecule has 0 saturated heterocycles. The Morgan fingerprint density at radius 1 is 1.13 bits per heavy atom. The van der Waals surface area contributed by atoms with Gasteiger partial charge in [0.25, 0.3) is 0 Å². The fraction of sp³-hybridized carbons (Fsp3) is 0.381. The number of rotatable bonds is 5. The lowest BCUT2D eigenvalue weighted by Gasteiger charge is -2.07. The van der Waals surface area contributed by atoms with E-state index in [0.29, 0.717) is 16.9 Å². The number of hydrogen-bond donors (Lipinski definition) is 0. The van der Waals surface area contributed by atoms with Crippen molar-refractivity contribution in [2.24, 2.45) is 0 Å². The number of benzene rings is 1. The van der Waals surface area contributed by atoms with Crippen LogP contribution in [-0.2, 0) is 6.42 Å². The lowest BCUT2D eigenvalue weighted by atomic mass is 10.0. The molecular formula is C21H26O2. The van der Waals surface area contributed by atoms with Gasteiger partial charge in [-0.3, -0.25) is 4.79 Å². The largest absolute Gasteiger partial charge is 0.461 e. The first-order valence-corrected chi connectivity index (χ1v) is 8.21. The summed E-state index contributed by atoms with van der Waals surface area (Å²) in [5.74, 6) is 0.702. The fourth-order valence-electron chi connectivity index (χ4n) is 2.65. The van der Waals surface area contributed by atoms with Crippen molar-refractivity contribution in [1.82, 2.24) is 0 Å². The van der Waals surface area contributed by atoms with E-state index in [1.165, 1.54) is 11.1 Å². The van der Waals surface area contributed by atoms with Crippen LogP contribution in [0.1, 0.15) is 50.5 Å². The molecule has 0 saturated carbocycles. The molecule has 0 spiro atoms. The molecule has 2 nitrogen and oxygen atoms in total. The van der Waals surface area contributed by atoms with E-state index in [2.05, 4.69) is 32.9 Å². The zero-order valence-electron chi connectivity index (χ0n) is 14.8. The van der Waals surface area contributed by atoms with Gasteiger partial charge in [0, 0.05) is 5.56 Å². The summed E-state index contributed by atoms with van der Waals surface area (Å²) in [5, 5.41) is 0.726. The van der Waals surface area contributed by atoms with Crippen LogP contribution in [-0.4, -0.2) is 0 Å². The van der Waals surface area contributed by atoms with Crippen molar-refractivity contribution in [3.8, 4) is 0 Å². The third kappa shape index (κ3) is 4.22. The summed E-state index contributed by atoms with van der Waals surface area (Å²) in [6.45, 7) is 10.1. The van der Waals surface area contributed by atoms with Gasteiger partial charge >= 0.3 is 0 Å². The highest BCUT2D eigenvalue weighted by molar-refractivity contribution is 5.81. The second-order valence-corrected chi connectivity index (χ2v) is 6.48. The van der Waals surface area contributed by atoms with Crippen LogP contribution in [0, 0.1) is 13.8 Å². The van der Waals surface area contributed by atoms with Gasteiger partial charge < -0.3 is 4.42 Å². The molecule has 122 valence electrons. The van der Waals surface area contributed by atoms with Crippen molar-refractivity contribution >= 4 is 11.0 Å². The molecule has 2 rings (SSSR count). The van der Waals surface area contributed by atoms with Gasteiger partial charge in [-0.05, 0) is 65.5 Å². The first-order chi connectivity index (χ1) is 10.9. The molecule has 0 fully saturated rings. The highest BCUT2D eigenvalue weighted by atomic mass is 16.3. The minimum absolute atomic E-state index is 0.0925. The predicted molar refractivity (Wildman–Crippen MR) is 98.1 cm³/mol. The van der Waals surface area contributed by atoms with Gasteiger partial charge in [0.1, 0.15) is 11.3 Å². The summed E-state index contributed by atoms with van der Waals surface area (Å²) >= 11 is 0. The maximum absolute atomic E-state index is 12.6. The Hall–Kier alpha value is -2.09. The molecular weight excluding hydrogens is 284 g/mol. The molecule has 23 heavy (non-hydrogen) atoms. The van der Waals surface area contributed by atoms with Gasteiger partial charge in [-0.1, -0.05) is 35.4 Å². The zero-order valence-corrected chi connectivity index (χ0v) is 14.8. The van der Waals surface area contributed by atoms with Crippen LogP contribution in [0.5, 0.6) is 0 Å². The average molecular weight is 310 g/mol. The molecule has 0 atom stereocenters. The Kier molecular flexibility index (Phi) is 5.59. The number of hydrogen-bond acceptors (Lipinski definition) is 2. The van der Waals surface area contributed by atoms with Gasteiger partial charge in [-0.25, -0.2) is 0 Å². The summed E-state index contributed by atoms with van der Waals surface area (Å²) < 4.78 is 5.78. The second-order valence-electron chi connectivity index (χ2n) is 6.48. The van der Waals surface area contributed by atoms with E-state index in [0.717, 1.165) is 30.2 Å². The van der Waals surface area contributed by atoms with E-state index in [1.54, 1.807) is 0 Å². The molecule has 0 unspecified atom stereocenters. The number of aryl methyl sites for hydroxylation is 1. The molecule has 0 amide bonds. The van der Waals surface area contributed by atoms with E-state index in [1.807, 2.05) is 32.0 Å². The van der Waals surface area contributed by atoms with Crippen LogP contribution in [0.15, 0.2) is 50.7 Å². The average Bonchev–Trinajstić information content (AvgIpc) is 2.50. The summed E-state index contributed by atoms with van der Waals surface area (Å²) in [6.07, 6.45) is 7.38. The highest BCUT2D eigenvalue weighted by Gasteiger charge is 2.10. The van der Waals surface area contributed by atoms with Crippen molar-refractivity contribution in [3.05, 3.63) is 68.6 Å². The topological polar surface area (TPSA) is 30.2 Å². The van der Waals surface area contributed by atoms with Gasteiger partial charge in [0.15, 0.2) is 5.43 Å². The van der Waals surface area contributed by atoms with Gasteiger partial charge in [0.05, 0.1) is 5.39 Å². The Bertz CT molecular complexity index is 816. The monoisotopic (exact) mass is 310 g/mol. The smallest absolute Gasteiger partial charge is 0.196 e. The standard InChI is InChI=1S/C21H26O2/c1-14(2)8-6-9-15(3)12-13-18-10-7-11-19-20(18)21(22)16(4)17(5)23-19/h7-8,10-12H,6,9,13H2,1-5H3/b15-12+. The lowest BCUT2D eigenvalue weighted by Crippen LogP contribution is -2.09. The van der Waals surface area contributed by atoms with Crippen LogP contribution < -0.4 is 5.43 Å². The Balaban J connectivity index is 2.29. The summed E-state index contributed by atoms with van der Waals surface area (Å²) in [4.78, 5) is 12.6. The van der Waals surface area contributed by atoms with E-state index in [4.69, 9.17) is 4.42 Å². The van der Waals surface area contributed by atoms with Crippen molar-refractivity contribution in [2.75, 3.05) is 0 Å². The molecule has 0 aliphatic rings. The third-order valence-corrected chi connectivity index (χ3v) is 4.23. The Morgan fingerprint density at radius 3 is 2.57 bits per heavy atom. The molecule has 1 aromatic heterocycles. The normalized spacial score (nSPS) is 11.8. The SMILES string of the molecule is CC(C)=CCC/C(C)=C/Cc1cccc2oc(C)c(C)c(=O)c12. The van der Waals surface area contributed by atoms with E-state index in [-0.39, 0.29) is 5.43 Å². The van der Waals surface area contributed by atoms with Crippen LogP contribution in [0.4, 0.5) is 0 Å². The maximum Gasteiger partial charge on any atom is 0.196 e. The Morgan fingerprint density at radius 2 is 1.87 bits per heavy atom. The van der Waals surface area contributed by atoms with Crippen molar-refractivity contribution < 1.29 is 4.42 Å². The van der Waals surface area contributed by atoms with E-state index < -0.39 is 0 Å². The third-order valence-electron chi connectivity index (χ3n) is 4.23. The lowest BCUT2D eigenvalue weighted by molar-refractivity contribution is 0.558. The van der Waals surface area contributed by atoms with Gasteiger partial charge in [-0.15, -0.1) is 0 Å². The van der Waals surface area contributed by atoms with Crippen LogP contribution in [0.3, 0.4) is 0 Å².